The van der Waals surface area contributed by atoms with Crippen LogP contribution in [0.15, 0.2) is 0 Å². The smallest absolute Gasteiger partial charge is 0.233 e. The minimum atomic E-state index is -0.0888. The summed E-state index contributed by atoms with van der Waals surface area (Å²) in [6, 6.07) is 0. The predicted molar refractivity (Wildman–Crippen MR) is 58.0 cm³/mol. The largest absolute Gasteiger partial charge is 0.377 e. The van der Waals surface area contributed by atoms with Gasteiger partial charge in [0.05, 0.1) is 6.10 Å². The Morgan fingerprint density at radius 3 is 3.20 bits per heavy atom. The summed E-state index contributed by atoms with van der Waals surface area (Å²) in [6.07, 6.45) is 2.74. The molecule has 1 atom stereocenters. The fourth-order valence-electron chi connectivity index (χ4n) is 1.82. The molecule has 15 heavy (non-hydrogen) atoms. The van der Waals surface area contributed by atoms with Crippen molar-refractivity contribution in [3.05, 3.63) is 0 Å². The van der Waals surface area contributed by atoms with Crippen LogP contribution in [0.2, 0.25) is 0 Å². The monoisotopic (exact) mass is 215 g/mol. The van der Waals surface area contributed by atoms with Gasteiger partial charge in [-0.2, -0.15) is 0 Å². The van der Waals surface area contributed by atoms with Crippen LogP contribution in [0, 0.1) is 0 Å². The minimum Gasteiger partial charge on any atom is -0.377 e. The van der Waals surface area contributed by atoms with Gasteiger partial charge >= 0.3 is 0 Å². The number of nitrogens with zero attached hydrogens (tertiary/aromatic N) is 1. The molecule has 1 heterocycles. The lowest BCUT2D eigenvalue weighted by molar-refractivity contribution is -0.121. The topological polar surface area (TPSA) is 67.6 Å². The van der Waals surface area contributed by atoms with Gasteiger partial charge in [0.25, 0.3) is 0 Å². The summed E-state index contributed by atoms with van der Waals surface area (Å²) < 4.78 is 5.54. The highest BCUT2D eigenvalue weighted by Gasteiger charge is 2.14. The minimum absolute atomic E-state index is 0.0888. The molecule has 0 aromatic heterocycles. The van der Waals surface area contributed by atoms with Crippen molar-refractivity contribution in [2.75, 3.05) is 26.2 Å². The van der Waals surface area contributed by atoms with Crippen LogP contribution < -0.4 is 11.3 Å². The number of carbonyl (C=O) groups excluding carboxylic acids is 1. The van der Waals surface area contributed by atoms with Gasteiger partial charge in [0.15, 0.2) is 0 Å². The van der Waals surface area contributed by atoms with Crippen LogP contribution >= 0.6 is 0 Å². The zero-order valence-electron chi connectivity index (χ0n) is 9.37. The Morgan fingerprint density at radius 1 is 1.67 bits per heavy atom. The van der Waals surface area contributed by atoms with E-state index in [0.29, 0.717) is 12.5 Å². The highest BCUT2D eigenvalue weighted by atomic mass is 16.5. The number of rotatable bonds is 4. The Morgan fingerprint density at radius 2 is 2.47 bits per heavy atom. The first-order valence-electron chi connectivity index (χ1n) is 5.56. The zero-order chi connectivity index (χ0) is 11.1. The van der Waals surface area contributed by atoms with Crippen molar-refractivity contribution in [1.29, 1.82) is 0 Å². The predicted octanol–water partition coefficient (Wildman–Crippen LogP) is -0.133. The molecule has 5 heteroatoms. The number of hydrazine groups is 1. The van der Waals surface area contributed by atoms with E-state index in [4.69, 9.17) is 10.6 Å². The van der Waals surface area contributed by atoms with Gasteiger partial charge in [-0.25, -0.2) is 5.84 Å². The SMILES string of the molecule is CC1CN(CCCC(=O)NN)CCCO1. The summed E-state index contributed by atoms with van der Waals surface area (Å²) in [4.78, 5) is 13.3. The molecule has 1 unspecified atom stereocenters. The lowest BCUT2D eigenvalue weighted by atomic mass is 10.2. The van der Waals surface area contributed by atoms with Crippen LogP contribution in [0.3, 0.4) is 0 Å². The van der Waals surface area contributed by atoms with E-state index in [0.717, 1.165) is 39.1 Å². The Kier molecular flexibility index (Phi) is 5.60. The molecule has 0 aromatic rings. The molecule has 1 amide bonds. The lowest BCUT2D eigenvalue weighted by Gasteiger charge is -2.21. The van der Waals surface area contributed by atoms with Gasteiger partial charge in [-0.1, -0.05) is 0 Å². The molecule has 0 saturated carbocycles. The van der Waals surface area contributed by atoms with E-state index >= 15 is 0 Å². The number of carbonyl (C=O) groups is 1. The Labute approximate surface area is 90.9 Å². The molecule has 88 valence electrons. The molecule has 1 fully saturated rings. The van der Waals surface area contributed by atoms with E-state index in [9.17, 15) is 4.79 Å². The van der Waals surface area contributed by atoms with Crippen LogP contribution in [0.4, 0.5) is 0 Å². The van der Waals surface area contributed by atoms with Crippen molar-refractivity contribution in [3.63, 3.8) is 0 Å². The standard InChI is InChI=1S/C10H21N3O2/c1-9-8-13(6-3-7-15-9)5-2-4-10(14)12-11/h9H,2-8,11H2,1H3,(H,12,14). The summed E-state index contributed by atoms with van der Waals surface area (Å²) >= 11 is 0. The van der Waals surface area contributed by atoms with Crippen LogP contribution in [0.25, 0.3) is 0 Å². The summed E-state index contributed by atoms with van der Waals surface area (Å²) in [5, 5.41) is 0. The van der Waals surface area contributed by atoms with Crippen molar-refractivity contribution in [3.8, 4) is 0 Å². The average Bonchev–Trinajstić information content (AvgIpc) is 2.42. The molecule has 0 bridgehead atoms. The second kappa shape index (κ2) is 6.76. The summed E-state index contributed by atoms with van der Waals surface area (Å²) in [6.45, 7) is 5.91. The molecule has 1 aliphatic heterocycles. The third-order valence-corrected chi connectivity index (χ3v) is 2.58. The maximum Gasteiger partial charge on any atom is 0.233 e. The zero-order valence-corrected chi connectivity index (χ0v) is 9.37. The van der Waals surface area contributed by atoms with Gasteiger partial charge in [0.2, 0.25) is 5.91 Å². The fourth-order valence-corrected chi connectivity index (χ4v) is 1.82. The molecule has 1 rings (SSSR count). The first-order valence-corrected chi connectivity index (χ1v) is 5.56. The fraction of sp³-hybridized carbons (Fsp3) is 0.900. The van der Waals surface area contributed by atoms with Crippen molar-refractivity contribution >= 4 is 5.91 Å². The average molecular weight is 215 g/mol. The van der Waals surface area contributed by atoms with Gasteiger partial charge in [-0.15, -0.1) is 0 Å². The Bertz CT molecular complexity index is 199. The summed E-state index contributed by atoms with van der Waals surface area (Å²) in [5.41, 5.74) is 2.14. The molecule has 5 nitrogen and oxygen atoms in total. The second-order valence-corrected chi connectivity index (χ2v) is 4.01. The highest BCUT2D eigenvalue weighted by molar-refractivity contribution is 5.75. The van der Waals surface area contributed by atoms with E-state index in [1.165, 1.54) is 0 Å². The number of hydrogen-bond acceptors (Lipinski definition) is 4. The first-order chi connectivity index (χ1) is 7.22. The van der Waals surface area contributed by atoms with Gasteiger partial charge in [0, 0.05) is 26.1 Å². The Hall–Kier alpha value is -0.650. The van der Waals surface area contributed by atoms with E-state index in [1.807, 2.05) is 0 Å². The molecule has 3 N–H and O–H groups in total. The summed E-state index contributed by atoms with van der Waals surface area (Å²) in [5.74, 6) is 4.92. The maximum absolute atomic E-state index is 10.9. The number of nitrogens with two attached hydrogens (primary N) is 1. The second-order valence-electron chi connectivity index (χ2n) is 4.01. The molecule has 1 saturated heterocycles. The first kappa shape index (κ1) is 12.4. The molecule has 0 aliphatic carbocycles. The van der Waals surface area contributed by atoms with Crippen LogP contribution in [-0.4, -0.2) is 43.2 Å². The third-order valence-electron chi connectivity index (χ3n) is 2.58. The molecule has 0 radical (unpaired) electrons. The summed E-state index contributed by atoms with van der Waals surface area (Å²) in [7, 11) is 0. The Balaban J connectivity index is 2.16. The van der Waals surface area contributed by atoms with E-state index < -0.39 is 0 Å². The number of amides is 1. The maximum atomic E-state index is 10.9. The van der Waals surface area contributed by atoms with Gasteiger partial charge in [0.1, 0.15) is 0 Å². The third kappa shape index (κ3) is 5.11. The van der Waals surface area contributed by atoms with Crippen molar-refractivity contribution in [1.82, 2.24) is 10.3 Å². The van der Waals surface area contributed by atoms with Crippen molar-refractivity contribution in [2.45, 2.75) is 32.3 Å². The lowest BCUT2D eigenvalue weighted by Crippen LogP contribution is -2.33. The molecular formula is C10H21N3O2. The molecular weight excluding hydrogens is 194 g/mol. The molecule has 0 spiro atoms. The number of nitrogens with one attached hydrogen (secondary N) is 1. The normalized spacial score (nSPS) is 23.5. The van der Waals surface area contributed by atoms with Gasteiger partial charge in [-0.05, 0) is 26.3 Å². The van der Waals surface area contributed by atoms with Crippen molar-refractivity contribution in [2.24, 2.45) is 5.84 Å². The highest BCUT2D eigenvalue weighted by Crippen LogP contribution is 2.06. The van der Waals surface area contributed by atoms with Crippen LogP contribution in [0.1, 0.15) is 26.2 Å². The number of ether oxygens (including phenoxy) is 1. The number of hydrogen-bond donors (Lipinski definition) is 2. The van der Waals surface area contributed by atoms with Crippen molar-refractivity contribution < 1.29 is 9.53 Å². The van der Waals surface area contributed by atoms with E-state index in [2.05, 4.69) is 17.2 Å². The van der Waals surface area contributed by atoms with Crippen LogP contribution in [0.5, 0.6) is 0 Å². The quantitative estimate of drug-likeness (QED) is 0.389. The van der Waals surface area contributed by atoms with Gasteiger partial charge < -0.3 is 9.64 Å². The van der Waals surface area contributed by atoms with Crippen LogP contribution in [-0.2, 0) is 9.53 Å². The van der Waals surface area contributed by atoms with E-state index in [1.54, 1.807) is 0 Å². The molecule has 1 aliphatic rings. The van der Waals surface area contributed by atoms with E-state index in [-0.39, 0.29) is 5.91 Å². The molecule has 0 aromatic carbocycles. The van der Waals surface area contributed by atoms with Gasteiger partial charge in [-0.3, -0.25) is 10.2 Å².